The summed E-state index contributed by atoms with van der Waals surface area (Å²) in [6, 6.07) is -0.000106. The third-order valence-electron chi connectivity index (χ3n) is 2.59. The fraction of sp³-hybridized carbons (Fsp3) is 1.00. The predicted octanol–water partition coefficient (Wildman–Crippen LogP) is 0.161. The molecule has 1 rings (SSSR count). The Morgan fingerprint density at radius 2 is 1.81 bits per heavy atom. The van der Waals surface area contributed by atoms with Crippen molar-refractivity contribution in [1.29, 1.82) is 0 Å². The van der Waals surface area contributed by atoms with Crippen molar-refractivity contribution in [3.8, 4) is 0 Å². The quantitative estimate of drug-likeness (QED) is 0.730. The first-order chi connectivity index (χ1) is 7.42. The lowest BCUT2D eigenvalue weighted by Gasteiger charge is -2.28. The zero-order valence-electron chi connectivity index (χ0n) is 10.4. The Bertz CT molecular complexity index is 297. The minimum absolute atomic E-state index is 0.000106. The zero-order chi connectivity index (χ0) is 12.2. The van der Waals surface area contributed by atoms with Crippen LogP contribution in [0, 0.1) is 5.92 Å². The van der Waals surface area contributed by atoms with Gasteiger partial charge >= 0.3 is 0 Å². The predicted molar refractivity (Wildman–Crippen MR) is 65.4 cm³/mol. The number of piperazine rings is 1. The second-order valence-electron chi connectivity index (χ2n) is 4.80. The Morgan fingerprint density at radius 3 is 2.31 bits per heavy atom. The molecule has 0 radical (unpaired) electrons. The van der Waals surface area contributed by atoms with E-state index >= 15 is 0 Å². The van der Waals surface area contributed by atoms with Crippen molar-refractivity contribution in [3.63, 3.8) is 0 Å². The van der Waals surface area contributed by atoms with Crippen molar-refractivity contribution in [2.75, 3.05) is 26.2 Å². The van der Waals surface area contributed by atoms with Crippen LogP contribution in [-0.2, 0) is 10.2 Å². The fourth-order valence-electron chi connectivity index (χ4n) is 1.97. The van der Waals surface area contributed by atoms with Gasteiger partial charge in [0.05, 0.1) is 0 Å². The van der Waals surface area contributed by atoms with Gasteiger partial charge < -0.3 is 5.32 Å². The molecule has 0 aromatic rings. The molecule has 0 bridgehead atoms. The van der Waals surface area contributed by atoms with E-state index in [1.54, 1.807) is 0 Å². The fourth-order valence-corrected chi connectivity index (χ4v) is 3.39. The van der Waals surface area contributed by atoms with Gasteiger partial charge in [0.2, 0.25) is 0 Å². The van der Waals surface area contributed by atoms with Crippen molar-refractivity contribution >= 4 is 10.2 Å². The topological polar surface area (TPSA) is 61.4 Å². The summed E-state index contributed by atoms with van der Waals surface area (Å²) in [6.45, 7) is 8.69. The second kappa shape index (κ2) is 5.95. The normalized spacial score (nSPS) is 21.2. The van der Waals surface area contributed by atoms with Crippen LogP contribution in [0.25, 0.3) is 0 Å². The Hall–Kier alpha value is -0.170. The van der Waals surface area contributed by atoms with Gasteiger partial charge in [-0.1, -0.05) is 13.8 Å². The lowest BCUT2D eigenvalue weighted by molar-refractivity contribution is 0.349. The lowest BCUT2D eigenvalue weighted by atomic mass is 10.1. The van der Waals surface area contributed by atoms with Crippen LogP contribution in [0.3, 0.4) is 0 Å². The Kier molecular flexibility index (Phi) is 5.17. The largest absolute Gasteiger partial charge is 0.314 e. The van der Waals surface area contributed by atoms with E-state index in [1.165, 1.54) is 4.31 Å². The molecule has 5 nitrogen and oxygen atoms in total. The van der Waals surface area contributed by atoms with Crippen LogP contribution in [0.1, 0.15) is 27.2 Å². The van der Waals surface area contributed by atoms with Gasteiger partial charge in [-0.2, -0.15) is 17.4 Å². The summed E-state index contributed by atoms with van der Waals surface area (Å²) < 4.78 is 28.2. The Balaban J connectivity index is 2.49. The maximum Gasteiger partial charge on any atom is 0.279 e. The number of hydrogen-bond acceptors (Lipinski definition) is 3. The molecule has 1 aliphatic rings. The molecule has 16 heavy (non-hydrogen) atoms. The van der Waals surface area contributed by atoms with Gasteiger partial charge in [-0.3, -0.25) is 0 Å². The van der Waals surface area contributed by atoms with Crippen LogP contribution < -0.4 is 10.0 Å². The summed E-state index contributed by atoms with van der Waals surface area (Å²) in [6.07, 6.45) is 0.866. The SMILES string of the molecule is CC(C)CC(C)NS(=O)(=O)N1CCNCC1. The van der Waals surface area contributed by atoms with E-state index in [2.05, 4.69) is 23.9 Å². The lowest BCUT2D eigenvalue weighted by Crippen LogP contribution is -2.52. The molecule has 0 aromatic carbocycles. The molecule has 1 fully saturated rings. The first-order valence-corrected chi connectivity index (χ1v) is 7.34. The van der Waals surface area contributed by atoms with E-state index in [4.69, 9.17) is 0 Å². The van der Waals surface area contributed by atoms with Gasteiger partial charge in [-0.15, -0.1) is 0 Å². The standard InChI is InChI=1S/C10H23N3O2S/c1-9(2)8-10(3)12-16(14,15)13-6-4-11-5-7-13/h9-12H,4-8H2,1-3H3. The van der Waals surface area contributed by atoms with E-state index in [0.29, 0.717) is 19.0 Å². The smallest absolute Gasteiger partial charge is 0.279 e. The van der Waals surface area contributed by atoms with Crippen LogP contribution >= 0.6 is 0 Å². The number of nitrogens with zero attached hydrogens (tertiary/aromatic N) is 1. The molecule has 0 saturated carbocycles. The molecule has 1 heterocycles. The van der Waals surface area contributed by atoms with Crippen LogP contribution in [0.2, 0.25) is 0 Å². The van der Waals surface area contributed by atoms with Gasteiger partial charge in [0, 0.05) is 32.2 Å². The maximum atomic E-state index is 12.0. The summed E-state index contributed by atoms with van der Waals surface area (Å²) in [5, 5.41) is 3.14. The van der Waals surface area contributed by atoms with E-state index < -0.39 is 10.2 Å². The Labute approximate surface area is 98.8 Å². The first-order valence-electron chi connectivity index (χ1n) is 5.90. The minimum Gasteiger partial charge on any atom is -0.314 e. The molecule has 0 spiro atoms. The van der Waals surface area contributed by atoms with E-state index in [1.807, 2.05) is 6.92 Å². The monoisotopic (exact) mass is 249 g/mol. The number of nitrogens with one attached hydrogen (secondary N) is 2. The summed E-state index contributed by atoms with van der Waals surface area (Å²) in [5.41, 5.74) is 0. The molecule has 0 aromatic heterocycles. The minimum atomic E-state index is -3.28. The highest BCUT2D eigenvalue weighted by molar-refractivity contribution is 7.87. The highest BCUT2D eigenvalue weighted by Crippen LogP contribution is 2.07. The third-order valence-corrected chi connectivity index (χ3v) is 4.34. The maximum absolute atomic E-state index is 12.0. The molecular formula is C10H23N3O2S. The second-order valence-corrected chi connectivity index (χ2v) is 6.50. The van der Waals surface area contributed by atoms with Crippen molar-refractivity contribution in [2.45, 2.75) is 33.2 Å². The van der Waals surface area contributed by atoms with Gasteiger partial charge in [-0.05, 0) is 19.3 Å². The molecular weight excluding hydrogens is 226 g/mol. The van der Waals surface area contributed by atoms with Gasteiger partial charge in [0.25, 0.3) is 10.2 Å². The molecule has 6 heteroatoms. The van der Waals surface area contributed by atoms with E-state index in [-0.39, 0.29) is 6.04 Å². The molecule has 0 amide bonds. The molecule has 1 aliphatic heterocycles. The average Bonchev–Trinajstić information content (AvgIpc) is 2.16. The molecule has 1 unspecified atom stereocenters. The van der Waals surface area contributed by atoms with E-state index in [9.17, 15) is 8.42 Å². The van der Waals surface area contributed by atoms with Gasteiger partial charge in [0.1, 0.15) is 0 Å². The van der Waals surface area contributed by atoms with Crippen molar-refractivity contribution in [2.24, 2.45) is 5.92 Å². The summed E-state index contributed by atoms with van der Waals surface area (Å²) in [4.78, 5) is 0. The number of rotatable bonds is 5. The van der Waals surface area contributed by atoms with E-state index in [0.717, 1.165) is 19.5 Å². The van der Waals surface area contributed by atoms with Crippen LogP contribution in [0.15, 0.2) is 0 Å². The van der Waals surface area contributed by atoms with Crippen molar-refractivity contribution < 1.29 is 8.42 Å². The van der Waals surface area contributed by atoms with Crippen LogP contribution in [-0.4, -0.2) is 44.9 Å². The molecule has 1 atom stereocenters. The summed E-state index contributed by atoms with van der Waals surface area (Å²) >= 11 is 0. The third kappa shape index (κ3) is 4.37. The Morgan fingerprint density at radius 1 is 1.25 bits per heavy atom. The molecule has 2 N–H and O–H groups in total. The van der Waals surface area contributed by atoms with Gasteiger partial charge in [0.15, 0.2) is 0 Å². The number of hydrogen-bond donors (Lipinski definition) is 2. The molecule has 96 valence electrons. The zero-order valence-corrected chi connectivity index (χ0v) is 11.2. The van der Waals surface area contributed by atoms with Crippen molar-refractivity contribution in [1.82, 2.24) is 14.3 Å². The highest BCUT2D eigenvalue weighted by atomic mass is 32.2. The van der Waals surface area contributed by atoms with Crippen molar-refractivity contribution in [3.05, 3.63) is 0 Å². The summed E-state index contributed by atoms with van der Waals surface area (Å²) in [5.74, 6) is 0.501. The summed E-state index contributed by atoms with van der Waals surface area (Å²) in [7, 11) is -3.28. The van der Waals surface area contributed by atoms with Crippen LogP contribution in [0.4, 0.5) is 0 Å². The first kappa shape index (κ1) is 13.9. The highest BCUT2D eigenvalue weighted by Gasteiger charge is 2.25. The average molecular weight is 249 g/mol. The molecule has 0 aliphatic carbocycles. The van der Waals surface area contributed by atoms with Gasteiger partial charge in [-0.25, -0.2) is 0 Å². The van der Waals surface area contributed by atoms with Crippen LogP contribution in [0.5, 0.6) is 0 Å². The molecule has 1 saturated heterocycles.